The van der Waals surface area contributed by atoms with E-state index in [-0.39, 0.29) is 6.10 Å². The van der Waals surface area contributed by atoms with Crippen LogP contribution in [0.15, 0.2) is 0 Å². The van der Waals surface area contributed by atoms with Gasteiger partial charge in [-0.3, -0.25) is 0 Å². The molecule has 0 aromatic rings. The third kappa shape index (κ3) is 3.11. The van der Waals surface area contributed by atoms with Gasteiger partial charge in [0.25, 0.3) is 0 Å². The number of rotatable bonds is 3. The van der Waals surface area contributed by atoms with Crippen LogP contribution in [0.4, 0.5) is 0 Å². The van der Waals surface area contributed by atoms with Gasteiger partial charge in [-0.15, -0.1) is 0 Å². The minimum Gasteiger partial charge on any atom is -0.393 e. The van der Waals surface area contributed by atoms with E-state index >= 15 is 0 Å². The lowest BCUT2D eigenvalue weighted by molar-refractivity contribution is -0.0152. The molecule has 0 radical (unpaired) electrons. The van der Waals surface area contributed by atoms with E-state index in [2.05, 4.69) is 0 Å². The third-order valence-corrected chi connectivity index (χ3v) is 2.51. The Morgan fingerprint density at radius 3 is 2.58 bits per heavy atom. The first-order valence-corrected chi connectivity index (χ1v) is 5.00. The van der Waals surface area contributed by atoms with E-state index in [0.717, 1.165) is 19.4 Å². The lowest BCUT2D eigenvalue weighted by Gasteiger charge is -2.27. The van der Waals surface area contributed by atoms with E-state index in [4.69, 9.17) is 4.74 Å². The van der Waals surface area contributed by atoms with Crippen molar-refractivity contribution in [3.05, 3.63) is 0 Å². The molecule has 1 N–H and O–H groups in total. The summed E-state index contributed by atoms with van der Waals surface area (Å²) in [6.45, 7) is 4.81. The van der Waals surface area contributed by atoms with Gasteiger partial charge in [0.1, 0.15) is 0 Å². The Labute approximate surface area is 74.9 Å². The lowest BCUT2D eigenvalue weighted by Crippen LogP contribution is -2.29. The molecule has 1 aliphatic rings. The molecule has 2 nitrogen and oxygen atoms in total. The summed E-state index contributed by atoms with van der Waals surface area (Å²) in [5.74, 6) is 0.390. The van der Waals surface area contributed by atoms with Crippen molar-refractivity contribution in [1.29, 1.82) is 0 Å². The summed E-state index contributed by atoms with van der Waals surface area (Å²) in [5, 5.41) is 9.60. The predicted molar refractivity (Wildman–Crippen MR) is 49.1 cm³/mol. The van der Waals surface area contributed by atoms with Crippen LogP contribution >= 0.6 is 0 Å². The van der Waals surface area contributed by atoms with Crippen molar-refractivity contribution in [3.8, 4) is 0 Å². The molecule has 0 bridgehead atoms. The molecule has 0 aliphatic heterocycles. The summed E-state index contributed by atoms with van der Waals surface area (Å²) in [7, 11) is 0. The maximum absolute atomic E-state index is 9.60. The van der Waals surface area contributed by atoms with Crippen LogP contribution in [0.1, 0.15) is 39.5 Å². The van der Waals surface area contributed by atoms with E-state index in [1.165, 1.54) is 12.8 Å². The molecule has 1 fully saturated rings. The Kier molecular flexibility index (Phi) is 4.02. The van der Waals surface area contributed by atoms with Gasteiger partial charge >= 0.3 is 0 Å². The Morgan fingerprint density at radius 1 is 1.33 bits per heavy atom. The maximum Gasteiger partial charge on any atom is 0.0590 e. The Hall–Kier alpha value is -0.0800. The van der Waals surface area contributed by atoms with Gasteiger partial charge in [-0.25, -0.2) is 0 Å². The molecule has 0 aromatic carbocycles. The second-order valence-corrected chi connectivity index (χ2v) is 3.99. The van der Waals surface area contributed by atoms with E-state index in [1.807, 2.05) is 13.8 Å². The van der Waals surface area contributed by atoms with Crippen LogP contribution in [0.3, 0.4) is 0 Å². The van der Waals surface area contributed by atoms with Crippen LogP contribution in [0.25, 0.3) is 0 Å². The van der Waals surface area contributed by atoms with Gasteiger partial charge in [-0.1, -0.05) is 12.8 Å². The second-order valence-electron chi connectivity index (χ2n) is 3.99. The summed E-state index contributed by atoms with van der Waals surface area (Å²) >= 11 is 0. The molecule has 0 unspecified atom stereocenters. The molecule has 0 amide bonds. The molecule has 1 saturated carbocycles. The molecule has 2 heteroatoms. The highest BCUT2D eigenvalue weighted by molar-refractivity contribution is 4.74. The lowest BCUT2D eigenvalue weighted by atomic mass is 9.87. The zero-order valence-electron chi connectivity index (χ0n) is 8.12. The van der Waals surface area contributed by atoms with Crippen molar-refractivity contribution in [3.63, 3.8) is 0 Å². The highest BCUT2D eigenvalue weighted by Crippen LogP contribution is 2.24. The van der Waals surface area contributed by atoms with Gasteiger partial charge in [0.2, 0.25) is 0 Å². The quantitative estimate of drug-likeness (QED) is 0.705. The van der Waals surface area contributed by atoms with Crippen LogP contribution < -0.4 is 0 Å². The predicted octanol–water partition coefficient (Wildman–Crippen LogP) is 1.96. The molecule has 0 spiro atoms. The fraction of sp³-hybridized carbons (Fsp3) is 1.00. The maximum atomic E-state index is 9.60. The highest BCUT2D eigenvalue weighted by Gasteiger charge is 2.23. The normalized spacial score (nSPS) is 31.0. The Balaban J connectivity index is 2.20. The standard InChI is InChI=1S/C10H20O2/c1-8(2)12-7-9-5-3-4-6-10(9)11/h8-11H,3-7H2,1-2H3/t9-,10+/m0/s1. The van der Waals surface area contributed by atoms with Crippen molar-refractivity contribution in [2.75, 3.05) is 6.61 Å². The number of ether oxygens (including phenoxy) is 1. The van der Waals surface area contributed by atoms with Gasteiger partial charge in [0.05, 0.1) is 18.8 Å². The van der Waals surface area contributed by atoms with Gasteiger partial charge in [-0.05, 0) is 26.7 Å². The van der Waals surface area contributed by atoms with Crippen LogP contribution in [0, 0.1) is 5.92 Å². The summed E-state index contributed by atoms with van der Waals surface area (Å²) in [6.07, 6.45) is 4.71. The van der Waals surface area contributed by atoms with Crippen LogP contribution in [-0.4, -0.2) is 23.9 Å². The first-order chi connectivity index (χ1) is 5.70. The summed E-state index contributed by atoms with van der Waals surface area (Å²) in [4.78, 5) is 0. The van der Waals surface area contributed by atoms with Crippen molar-refractivity contribution in [2.24, 2.45) is 5.92 Å². The van der Waals surface area contributed by atoms with Gasteiger partial charge < -0.3 is 9.84 Å². The summed E-state index contributed by atoms with van der Waals surface area (Å²) in [6, 6.07) is 0. The minimum absolute atomic E-state index is 0.113. The van der Waals surface area contributed by atoms with Crippen molar-refractivity contribution < 1.29 is 9.84 Å². The minimum atomic E-state index is -0.113. The van der Waals surface area contributed by atoms with Crippen LogP contribution in [0.2, 0.25) is 0 Å². The summed E-state index contributed by atoms with van der Waals surface area (Å²) < 4.78 is 5.49. The number of aliphatic hydroxyl groups is 1. The molecule has 72 valence electrons. The molecular formula is C10H20O2. The Morgan fingerprint density at radius 2 is 2.00 bits per heavy atom. The van der Waals surface area contributed by atoms with Crippen molar-refractivity contribution >= 4 is 0 Å². The van der Waals surface area contributed by atoms with Crippen molar-refractivity contribution in [1.82, 2.24) is 0 Å². The number of hydrogen-bond acceptors (Lipinski definition) is 2. The second kappa shape index (κ2) is 4.83. The van der Waals surface area contributed by atoms with Crippen molar-refractivity contribution in [2.45, 2.75) is 51.7 Å². The highest BCUT2D eigenvalue weighted by atomic mass is 16.5. The van der Waals surface area contributed by atoms with Gasteiger partial charge in [0, 0.05) is 5.92 Å². The first-order valence-electron chi connectivity index (χ1n) is 5.00. The van der Waals surface area contributed by atoms with E-state index in [0.29, 0.717) is 12.0 Å². The van der Waals surface area contributed by atoms with Crippen LogP contribution in [0.5, 0.6) is 0 Å². The molecular weight excluding hydrogens is 152 g/mol. The SMILES string of the molecule is CC(C)OC[C@@H]1CCCC[C@H]1O. The topological polar surface area (TPSA) is 29.5 Å². The van der Waals surface area contributed by atoms with E-state index in [1.54, 1.807) is 0 Å². The zero-order valence-corrected chi connectivity index (χ0v) is 8.12. The molecule has 2 atom stereocenters. The average Bonchev–Trinajstić information content (AvgIpc) is 2.03. The third-order valence-electron chi connectivity index (χ3n) is 2.51. The molecule has 0 saturated heterocycles. The molecule has 0 heterocycles. The van der Waals surface area contributed by atoms with Crippen LogP contribution in [-0.2, 0) is 4.74 Å². The number of aliphatic hydroxyl groups excluding tert-OH is 1. The largest absolute Gasteiger partial charge is 0.393 e. The fourth-order valence-electron chi connectivity index (χ4n) is 1.70. The molecule has 1 aliphatic carbocycles. The molecule has 0 aromatic heterocycles. The molecule has 12 heavy (non-hydrogen) atoms. The summed E-state index contributed by atoms with van der Waals surface area (Å²) in [5.41, 5.74) is 0. The average molecular weight is 172 g/mol. The molecule has 1 rings (SSSR count). The first kappa shape index (κ1) is 10.0. The number of hydrogen-bond donors (Lipinski definition) is 1. The smallest absolute Gasteiger partial charge is 0.0590 e. The van der Waals surface area contributed by atoms with Gasteiger partial charge in [-0.2, -0.15) is 0 Å². The van der Waals surface area contributed by atoms with E-state index < -0.39 is 0 Å². The van der Waals surface area contributed by atoms with E-state index in [9.17, 15) is 5.11 Å². The zero-order chi connectivity index (χ0) is 8.97. The van der Waals surface area contributed by atoms with Gasteiger partial charge in [0.15, 0.2) is 0 Å². The fourth-order valence-corrected chi connectivity index (χ4v) is 1.70. The Bertz CT molecular complexity index is 123. The monoisotopic (exact) mass is 172 g/mol.